The van der Waals surface area contributed by atoms with E-state index in [0.29, 0.717) is 12.0 Å². The predicted molar refractivity (Wildman–Crippen MR) is 77.6 cm³/mol. The first-order valence-corrected chi connectivity index (χ1v) is 7.56. The molecule has 2 aromatic rings. The zero-order valence-electron chi connectivity index (χ0n) is 11.8. The summed E-state index contributed by atoms with van der Waals surface area (Å²) in [5, 5.41) is 12.4. The molecule has 1 aliphatic heterocycles. The molecule has 4 nitrogen and oxygen atoms in total. The average molecular weight is 268 g/mol. The Balaban J connectivity index is 1.67. The molecule has 2 aliphatic rings. The number of hydrogen-bond acceptors (Lipinski definition) is 3. The molecule has 20 heavy (non-hydrogen) atoms. The topological polar surface area (TPSA) is 42.7 Å². The molecular formula is C16H20N4. The highest BCUT2D eigenvalue weighted by Crippen LogP contribution is 2.33. The molecule has 4 heteroatoms. The minimum atomic E-state index is 0.320. The van der Waals surface area contributed by atoms with Gasteiger partial charge in [-0.15, -0.1) is 10.2 Å². The minimum Gasteiger partial charge on any atom is -0.312 e. The van der Waals surface area contributed by atoms with Gasteiger partial charge in [0.25, 0.3) is 0 Å². The van der Waals surface area contributed by atoms with Crippen molar-refractivity contribution in [2.45, 2.75) is 44.7 Å². The molecule has 0 fully saturated rings. The van der Waals surface area contributed by atoms with E-state index in [2.05, 4.69) is 51.3 Å². The summed E-state index contributed by atoms with van der Waals surface area (Å²) in [7, 11) is 0. The van der Waals surface area contributed by atoms with Gasteiger partial charge in [-0.2, -0.15) is 0 Å². The number of benzene rings is 1. The first-order valence-electron chi connectivity index (χ1n) is 7.56. The van der Waals surface area contributed by atoms with Crippen LogP contribution in [0.4, 0.5) is 0 Å². The van der Waals surface area contributed by atoms with Gasteiger partial charge < -0.3 is 9.88 Å². The third-order valence-electron chi connectivity index (χ3n) is 4.69. The molecule has 2 atom stereocenters. The van der Waals surface area contributed by atoms with Crippen molar-refractivity contribution in [1.82, 2.24) is 20.1 Å². The highest BCUT2D eigenvalue weighted by molar-refractivity contribution is 5.31. The van der Waals surface area contributed by atoms with Crippen molar-refractivity contribution in [3.05, 3.63) is 47.0 Å². The Morgan fingerprint density at radius 1 is 1.15 bits per heavy atom. The van der Waals surface area contributed by atoms with Crippen molar-refractivity contribution in [3.8, 4) is 0 Å². The Morgan fingerprint density at radius 3 is 2.85 bits per heavy atom. The average Bonchev–Trinajstić information content (AvgIpc) is 2.92. The lowest BCUT2D eigenvalue weighted by Gasteiger charge is -2.27. The molecule has 1 aromatic heterocycles. The second kappa shape index (κ2) is 4.70. The molecule has 0 amide bonds. The van der Waals surface area contributed by atoms with Gasteiger partial charge in [-0.25, -0.2) is 0 Å². The number of nitrogens with zero attached hydrogens (tertiary/aromatic N) is 3. The van der Waals surface area contributed by atoms with Crippen molar-refractivity contribution in [1.29, 1.82) is 0 Å². The van der Waals surface area contributed by atoms with Crippen LogP contribution >= 0.6 is 0 Å². The van der Waals surface area contributed by atoms with Crippen LogP contribution in [0.3, 0.4) is 0 Å². The van der Waals surface area contributed by atoms with Crippen LogP contribution in [-0.2, 0) is 19.4 Å². The number of aryl methyl sites for hydroxylation is 1. The second-order valence-corrected chi connectivity index (χ2v) is 5.95. The molecular weight excluding hydrogens is 248 g/mol. The minimum absolute atomic E-state index is 0.320. The van der Waals surface area contributed by atoms with E-state index < -0.39 is 0 Å². The van der Waals surface area contributed by atoms with Crippen LogP contribution in [0.25, 0.3) is 0 Å². The van der Waals surface area contributed by atoms with Crippen molar-refractivity contribution in [2.75, 3.05) is 6.54 Å². The maximum atomic E-state index is 4.52. The van der Waals surface area contributed by atoms with Gasteiger partial charge in [0.2, 0.25) is 0 Å². The van der Waals surface area contributed by atoms with E-state index in [1.54, 1.807) is 0 Å². The van der Waals surface area contributed by atoms with E-state index in [4.69, 9.17) is 0 Å². The lowest BCUT2D eigenvalue weighted by molar-refractivity contribution is 0.415. The first-order chi connectivity index (χ1) is 9.83. The zero-order valence-corrected chi connectivity index (χ0v) is 11.8. The molecule has 1 N–H and O–H groups in total. The molecule has 0 radical (unpaired) electrons. The lowest BCUT2D eigenvalue weighted by atomic mass is 9.83. The molecule has 0 bridgehead atoms. The maximum Gasteiger partial charge on any atom is 0.149 e. The predicted octanol–water partition coefficient (Wildman–Crippen LogP) is 2.21. The summed E-state index contributed by atoms with van der Waals surface area (Å²) in [6.07, 6.45) is 3.46. The third kappa shape index (κ3) is 1.86. The van der Waals surface area contributed by atoms with E-state index in [1.807, 2.05) is 0 Å². The van der Waals surface area contributed by atoms with Crippen LogP contribution in [0.1, 0.15) is 48.1 Å². The van der Waals surface area contributed by atoms with E-state index in [1.165, 1.54) is 23.4 Å². The Bertz CT molecular complexity index is 631. The second-order valence-electron chi connectivity index (χ2n) is 5.95. The van der Waals surface area contributed by atoms with Gasteiger partial charge in [-0.3, -0.25) is 0 Å². The fraction of sp³-hybridized carbons (Fsp3) is 0.500. The molecule has 0 spiro atoms. The smallest absolute Gasteiger partial charge is 0.149 e. The highest BCUT2D eigenvalue weighted by atomic mass is 15.3. The van der Waals surface area contributed by atoms with Gasteiger partial charge >= 0.3 is 0 Å². The van der Waals surface area contributed by atoms with Crippen molar-refractivity contribution >= 4 is 0 Å². The summed E-state index contributed by atoms with van der Waals surface area (Å²) in [5.41, 5.74) is 3.00. The molecule has 4 rings (SSSR count). The Morgan fingerprint density at radius 2 is 1.95 bits per heavy atom. The van der Waals surface area contributed by atoms with Crippen LogP contribution in [0, 0.1) is 0 Å². The maximum absolute atomic E-state index is 4.52. The summed E-state index contributed by atoms with van der Waals surface area (Å²) in [5.74, 6) is 2.82. The van der Waals surface area contributed by atoms with Gasteiger partial charge in [0, 0.05) is 19.0 Å². The SMILES string of the molecule is CC1NCCn2c(C3CCc4ccccc4C3)nnc21. The monoisotopic (exact) mass is 268 g/mol. The number of aromatic nitrogens is 3. The summed E-state index contributed by atoms with van der Waals surface area (Å²) >= 11 is 0. The van der Waals surface area contributed by atoms with Crippen LogP contribution < -0.4 is 5.32 Å². The van der Waals surface area contributed by atoms with Gasteiger partial charge in [-0.1, -0.05) is 24.3 Å². The van der Waals surface area contributed by atoms with Crippen LogP contribution in [0.5, 0.6) is 0 Å². The molecule has 1 aliphatic carbocycles. The van der Waals surface area contributed by atoms with Gasteiger partial charge in [0.1, 0.15) is 11.6 Å². The van der Waals surface area contributed by atoms with Crippen LogP contribution in [0.15, 0.2) is 24.3 Å². The first kappa shape index (κ1) is 12.1. The molecule has 0 saturated carbocycles. The van der Waals surface area contributed by atoms with Crippen LogP contribution in [-0.4, -0.2) is 21.3 Å². The summed E-state index contributed by atoms with van der Waals surface area (Å²) in [4.78, 5) is 0. The van der Waals surface area contributed by atoms with Crippen molar-refractivity contribution < 1.29 is 0 Å². The zero-order chi connectivity index (χ0) is 13.5. The number of fused-ring (bicyclic) bond motifs is 2. The molecule has 2 unspecified atom stereocenters. The summed E-state index contributed by atoms with van der Waals surface area (Å²) in [6.45, 7) is 4.18. The van der Waals surface area contributed by atoms with E-state index >= 15 is 0 Å². The largest absolute Gasteiger partial charge is 0.312 e. The highest BCUT2D eigenvalue weighted by Gasteiger charge is 2.28. The summed E-state index contributed by atoms with van der Waals surface area (Å²) < 4.78 is 2.35. The standard InChI is InChI=1S/C16H20N4/c1-11-15-18-19-16(20(15)9-8-17-11)14-7-6-12-4-2-3-5-13(12)10-14/h2-5,11,14,17H,6-10H2,1H3. The summed E-state index contributed by atoms with van der Waals surface area (Å²) in [6, 6.07) is 9.13. The normalized spacial score (nSPS) is 25.1. The molecule has 104 valence electrons. The van der Waals surface area contributed by atoms with Gasteiger partial charge in [0.05, 0.1) is 6.04 Å². The third-order valence-corrected chi connectivity index (χ3v) is 4.69. The Kier molecular flexibility index (Phi) is 2.84. The van der Waals surface area contributed by atoms with Crippen molar-refractivity contribution in [2.24, 2.45) is 0 Å². The van der Waals surface area contributed by atoms with E-state index in [-0.39, 0.29) is 0 Å². The number of rotatable bonds is 1. The fourth-order valence-corrected chi connectivity index (χ4v) is 3.58. The van der Waals surface area contributed by atoms with E-state index in [9.17, 15) is 0 Å². The fourth-order valence-electron chi connectivity index (χ4n) is 3.58. The molecule has 0 saturated heterocycles. The lowest BCUT2D eigenvalue weighted by Crippen LogP contribution is -2.33. The van der Waals surface area contributed by atoms with E-state index in [0.717, 1.165) is 31.8 Å². The Labute approximate surface area is 119 Å². The van der Waals surface area contributed by atoms with Crippen LogP contribution in [0.2, 0.25) is 0 Å². The Hall–Kier alpha value is -1.68. The molecule has 2 heterocycles. The van der Waals surface area contributed by atoms with Gasteiger partial charge in [-0.05, 0) is 37.3 Å². The van der Waals surface area contributed by atoms with Crippen molar-refractivity contribution in [3.63, 3.8) is 0 Å². The number of hydrogen-bond donors (Lipinski definition) is 1. The quantitative estimate of drug-likeness (QED) is 0.862. The van der Waals surface area contributed by atoms with Gasteiger partial charge in [0.15, 0.2) is 0 Å². The molecule has 1 aromatic carbocycles. The number of nitrogens with one attached hydrogen (secondary N) is 1.